The first-order valence-electron chi connectivity index (χ1n) is 4.85. The molecule has 0 aliphatic heterocycles. The quantitative estimate of drug-likeness (QED) is 0.818. The number of amides is 1. The van der Waals surface area contributed by atoms with Crippen molar-refractivity contribution in [1.82, 2.24) is 0 Å². The summed E-state index contributed by atoms with van der Waals surface area (Å²) in [4.78, 5) is 11.6. The summed E-state index contributed by atoms with van der Waals surface area (Å²) in [5, 5.41) is 11.7. The van der Waals surface area contributed by atoms with E-state index in [1.165, 1.54) is 0 Å². The molecule has 2 rings (SSSR count). The molecule has 1 aliphatic rings. The number of rotatable bonds is 2. The van der Waals surface area contributed by atoms with Crippen LogP contribution in [-0.4, -0.2) is 11.4 Å². The first-order chi connectivity index (χ1) is 7.55. The Kier molecular flexibility index (Phi) is 2.58. The van der Waals surface area contributed by atoms with Crippen molar-refractivity contribution in [3.05, 3.63) is 28.8 Å². The maximum absolute atomic E-state index is 11.6. The number of benzene rings is 1. The van der Waals surface area contributed by atoms with E-state index in [0.717, 1.165) is 0 Å². The second-order valence-electron chi connectivity index (χ2n) is 3.92. The molecule has 1 aliphatic carbocycles. The minimum Gasteiger partial charge on any atom is -0.324 e. The summed E-state index contributed by atoms with van der Waals surface area (Å²) in [5.74, 6) is -0.201. The van der Waals surface area contributed by atoms with E-state index >= 15 is 0 Å². The monoisotopic (exact) mass is 235 g/mol. The average Bonchev–Trinajstić information content (AvgIpc) is 2.98. The smallest absolute Gasteiger partial charge is 0.244 e. The molecule has 0 bridgehead atoms. The highest BCUT2D eigenvalue weighted by molar-refractivity contribution is 6.32. The number of nitrogens with one attached hydrogen (secondary N) is 1. The van der Waals surface area contributed by atoms with Crippen molar-refractivity contribution in [3.63, 3.8) is 0 Å². The summed E-state index contributed by atoms with van der Waals surface area (Å²) in [6.45, 7) is 0. The number of nitrogens with zero attached hydrogens (tertiary/aromatic N) is 1. The lowest BCUT2D eigenvalue weighted by molar-refractivity contribution is -0.118. The Hall–Kier alpha value is -1.57. The van der Waals surface area contributed by atoms with Crippen molar-refractivity contribution < 1.29 is 4.79 Å². The van der Waals surface area contributed by atoms with Crippen molar-refractivity contribution in [2.75, 3.05) is 5.32 Å². The Morgan fingerprint density at radius 2 is 2.25 bits per heavy atom. The Labute approximate surface area is 98.0 Å². The number of hydrogen-bond acceptors (Lipinski definition) is 3. The highest BCUT2D eigenvalue weighted by Gasteiger charge is 2.45. The van der Waals surface area contributed by atoms with Gasteiger partial charge in [0.15, 0.2) is 0 Å². The fraction of sp³-hybridized carbons (Fsp3) is 0.273. The molecule has 1 saturated carbocycles. The van der Waals surface area contributed by atoms with E-state index in [1.54, 1.807) is 18.2 Å². The third-order valence-corrected chi connectivity index (χ3v) is 2.90. The van der Waals surface area contributed by atoms with Crippen LogP contribution in [0.5, 0.6) is 0 Å². The Balaban J connectivity index is 2.14. The fourth-order valence-electron chi connectivity index (χ4n) is 1.30. The molecular weight excluding hydrogens is 226 g/mol. The summed E-state index contributed by atoms with van der Waals surface area (Å²) < 4.78 is 0. The topological polar surface area (TPSA) is 78.9 Å². The zero-order valence-electron chi connectivity index (χ0n) is 8.46. The molecule has 16 heavy (non-hydrogen) atoms. The first-order valence-corrected chi connectivity index (χ1v) is 5.23. The normalized spacial score (nSPS) is 16.3. The van der Waals surface area contributed by atoms with Gasteiger partial charge in [0.05, 0.1) is 16.1 Å². The van der Waals surface area contributed by atoms with Crippen molar-refractivity contribution in [2.45, 2.75) is 18.4 Å². The van der Waals surface area contributed by atoms with Gasteiger partial charge in [0.2, 0.25) is 5.91 Å². The molecule has 0 heterocycles. The molecule has 1 fully saturated rings. The molecule has 82 valence electrons. The van der Waals surface area contributed by atoms with E-state index in [2.05, 4.69) is 5.32 Å². The van der Waals surface area contributed by atoms with Crippen LogP contribution >= 0.6 is 11.6 Å². The van der Waals surface area contributed by atoms with Gasteiger partial charge in [0.25, 0.3) is 0 Å². The maximum Gasteiger partial charge on any atom is 0.244 e. The number of carbonyl (C=O) groups excluding carboxylic acids is 1. The maximum atomic E-state index is 11.6. The summed E-state index contributed by atoms with van der Waals surface area (Å²) in [6.07, 6.45) is 1.42. The minimum atomic E-state index is -0.708. The number of halogens is 1. The third-order valence-electron chi connectivity index (χ3n) is 2.59. The van der Waals surface area contributed by atoms with Crippen molar-refractivity contribution >= 4 is 23.2 Å². The summed E-state index contributed by atoms with van der Waals surface area (Å²) in [5.41, 5.74) is 5.97. The van der Waals surface area contributed by atoms with Gasteiger partial charge in [-0.15, -0.1) is 0 Å². The Morgan fingerprint density at radius 1 is 1.56 bits per heavy atom. The van der Waals surface area contributed by atoms with Gasteiger partial charge < -0.3 is 11.1 Å². The van der Waals surface area contributed by atoms with Gasteiger partial charge in [-0.3, -0.25) is 4.79 Å². The van der Waals surface area contributed by atoms with Crippen molar-refractivity contribution in [3.8, 4) is 6.07 Å². The molecule has 1 aromatic rings. The average molecular weight is 236 g/mol. The lowest BCUT2D eigenvalue weighted by atomic mass is 10.2. The number of anilines is 1. The largest absolute Gasteiger partial charge is 0.324 e. The van der Waals surface area contributed by atoms with E-state index in [0.29, 0.717) is 29.1 Å². The highest BCUT2D eigenvalue weighted by atomic mass is 35.5. The van der Waals surface area contributed by atoms with E-state index in [4.69, 9.17) is 22.6 Å². The van der Waals surface area contributed by atoms with E-state index < -0.39 is 5.54 Å². The minimum absolute atomic E-state index is 0.201. The summed E-state index contributed by atoms with van der Waals surface area (Å²) in [6, 6.07) is 6.69. The van der Waals surface area contributed by atoms with Crippen LogP contribution in [0.25, 0.3) is 0 Å². The number of hydrogen-bond donors (Lipinski definition) is 2. The predicted molar refractivity (Wildman–Crippen MR) is 60.9 cm³/mol. The molecule has 1 aromatic carbocycles. The van der Waals surface area contributed by atoms with Crippen LogP contribution in [0.15, 0.2) is 18.2 Å². The van der Waals surface area contributed by atoms with Crippen LogP contribution in [0.3, 0.4) is 0 Å². The van der Waals surface area contributed by atoms with Gasteiger partial charge in [0.1, 0.15) is 6.07 Å². The van der Waals surface area contributed by atoms with E-state index in [-0.39, 0.29) is 5.91 Å². The molecule has 3 N–H and O–H groups in total. The molecule has 0 spiro atoms. The van der Waals surface area contributed by atoms with Crippen molar-refractivity contribution in [2.24, 2.45) is 5.73 Å². The van der Waals surface area contributed by atoms with Crippen LogP contribution < -0.4 is 11.1 Å². The zero-order chi connectivity index (χ0) is 11.8. The highest BCUT2D eigenvalue weighted by Crippen LogP contribution is 2.33. The molecular formula is C11H10ClN3O. The molecule has 0 aromatic heterocycles. The Morgan fingerprint density at radius 3 is 2.75 bits per heavy atom. The lowest BCUT2D eigenvalue weighted by Crippen LogP contribution is -2.37. The van der Waals surface area contributed by atoms with Crippen LogP contribution in [-0.2, 0) is 4.79 Å². The number of nitriles is 1. The van der Waals surface area contributed by atoms with Gasteiger partial charge in [0, 0.05) is 5.69 Å². The molecule has 4 nitrogen and oxygen atoms in total. The number of nitrogens with two attached hydrogens (primary N) is 1. The van der Waals surface area contributed by atoms with E-state index in [9.17, 15) is 4.79 Å². The van der Waals surface area contributed by atoms with Gasteiger partial charge in [-0.25, -0.2) is 0 Å². The number of carbonyl (C=O) groups is 1. The summed E-state index contributed by atoms with van der Waals surface area (Å²) >= 11 is 5.84. The van der Waals surface area contributed by atoms with E-state index in [1.807, 2.05) is 6.07 Å². The van der Waals surface area contributed by atoms with Gasteiger partial charge in [-0.1, -0.05) is 11.6 Å². The molecule has 0 unspecified atom stereocenters. The van der Waals surface area contributed by atoms with Crippen molar-refractivity contribution in [1.29, 1.82) is 5.26 Å². The second-order valence-corrected chi connectivity index (χ2v) is 4.32. The zero-order valence-corrected chi connectivity index (χ0v) is 9.21. The summed E-state index contributed by atoms with van der Waals surface area (Å²) in [7, 11) is 0. The molecule has 0 saturated heterocycles. The fourth-order valence-corrected chi connectivity index (χ4v) is 1.52. The molecule has 1 amide bonds. The standard InChI is InChI=1S/C11H10ClN3O/c12-9-5-8(2-1-7(9)6-13)15-10(16)11(14)3-4-11/h1-2,5H,3-4,14H2,(H,15,16). The SMILES string of the molecule is N#Cc1ccc(NC(=O)C2(N)CC2)cc1Cl. The lowest BCUT2D eigenvalue weighted by Gasteiger charge is -2.10. The van der Waals surface area contributed by atoms with Crippen LogP contribution in [0.1, 0.15) is 18.4 Å². The van der Waals surface area contributed by atoms with Crippen LogP contribution in [0, 0.1) is 11.3 Å². The van der Waals surface area contributed by atoms with Gasteiger partial charge in [-0.2, -0.15) is 5.26 Å². The van der Waals surface area contributed by atoms with Gasteiger partial charge in [-0.05, 0) is 31.0 Å². The Bertz CT molecular complexity index is 488. The predicted octanol–water partition coefficient (Wildman–Crippen LogP) is 1.64. The second kappa shape index (κ2) is 3.78. The van der Waals surface area contributed by atoms with Crippen LogP contribution in [0.2, 0.25) is 5.02 Å². The van der Waals surface area contributed by atoms with Gasteiger partial charge >= 0.3 is 0 Å². The molecule has 5 heteroatoms. The van der Waals surface area contributed by atoms with Crippen LogP contribution in [0.4, 0.5) is 5.69 Å². The molecule has 0 atom stereocenters. The first kappa shape index (κ1) is 10.9. The molecule has 0 radical (unpaired) electrons. The third kappa shape index (κ3) is 2.01.